The van der Waals surface area contributed by atoms with Gasteiger partial charge in [0.05, 0.1) is 33.9 Å². The van der Waals surface area contributed by atoms with Crippen molar-refractivity contribution in [3.8, 4) is 0 Å². The van der Waals surface area contributed by atoms with Gasteiger partial charge in [0, 0.05) is 13.0 Å². The number of nitrogens with zero attached hydrogens (tertiary/aromatic N) is 1. The highest BCUT2D eigenvalue weighted by molar-refractivity contribution is 7.54. The van der Waals surface area contributed by atoms with E-state index in [0.717, 1.165) is 18.4 Å². The Balaban J connectivity index is 4.29. The van der Waals surface area contributed by atoms with Gasteiger partial charge in [-0.3, -0.25) is 4.79 Å². The summed E-state index contributed by atoms with van der Waals surface area (Å²) >= 11 is 0. The zero-order valence-electron chi connectivity index (χ0n) is 26.7. The Morgan fingerprint density at radius 3 is 1.85 bits per heavy atom. The van der Waals surface area contributed by atoms with Crippen molar-refractivity contribution < 1.29 is 37.6 Å². The molecule has 0 aromatic carbocycles. The van der Waals surface area contributed by atoms with Crippen LogP contribution >= 0.6 is 8.17 Å². The third kappa shape index (κ3) is 27.6. The molecule has 0 radical (unpaired) electrons. The monoisotopic (exact) mass is 593 g/mol. The van der Waals surface area contributed by atoms with E-state index in [4.69, 9.17) is 18.5 Å². The molecule has 0 aliphatic rings. The van der Waals surface area contributed by atoms with Crippen molar-refractivity contribution in [1.29, 1.82) is 0 Å². The van der Waals surface area contributed by atoms with Gasteiger partial charge in [0.15, 0.2) is 0 Å². The van der Waals surface area contributed by atoms with E-state index in [9.17, 15) is 14.6 Å². The summed E-state index contributed by atoms with van der Waals surface area (Å²) in [5.41, 5.74) is 1.06. The maximum Gasteiger partial charge on any atom is 0.570 e. The van der Waals surface area contributed by atoms with E-state index in [0.29, 0.717) is 37.1 Å². The number of esters is 1. The number of hydrogen-bond donors (Lipinski definition) is 2. The Morgan fingerprint density at radius 1 is 0.775 bits per heavy atom. The van der Waals surface area contributed by atoms with Crippen LogP contribution in [0.2, 0.25) is 0 Å². The second-order valence-electron chi connectivity index (χ2n) is 12.0. The Morgan fingerprint density at radius 2 is 1.32 bits per heavy atom. The average Bonchev–Trinajstić information content (AvgIpc) is 2.87. The number of carbonyl (C=O) groups excluding carboxylic acids is 1. The van der Waals surface area contributed by atoms with Crippen LogP contribution in [-0.2, 0) is 23.3 Å². The number of carbonyl (C=O) groups is 1. The summed E-state index contributed by atoms with van der Waals surface area (Å²) in [5, 5.41) is 0. The smallest absolute Gasteiger partial charge is 0.466 e. The lowest BCUT2D eigenvalue weighted by molar-refractivity contribution is -0.870. The first-order chi connectivity index (χ1) is 19.0. The van der Waals surface area contributed by atoms with Gasteiger partial charge < -0.3 is 14.0 Å². The Bertz CT molecular complexity index is 625. The first kappa shape index (κ1) is 39.4. The molecule has 0 fully saturated rings. The standard InChI is InChI=1S/C31H64NO7P/c1-7-9-10-11-12-13-14-15-16-17-18-19-20-22-29(3)27-30(37-25-21-23-31(33)36-8-2)28-39-40(34,35)38-26-24-32(4,5)6/h30,34-35H,3,7-28H2,1-2,4-6H3/q+2. The number of ether oxygens (including phenoxy) is 2. The predicted octanol–water partition coefficient (Wildman–Crippen LogP) is 7.54. The molecule has 1 unspecified atom stereocenters. The first-order valence-corrected chi connectivity index (χ1v) is 17.4. The third-order valence-corrected chi connectivity index (χ3v) is 7.79. The van der Waals surface area contributed by atoms with Crippen LogP contribution in [-0.4, -0.2) is 80.5 Å². The summed E-state index contributed by atoms with van der Waals surface area (Å²) in [5.74, 6) is -0.243. The van der Waals surface area contributed by atoms with Gasteiger partial charge in [-0.25, -0.2) is 0 Å². The van der Waals surface area contributed by atoms with Crippen molar-refractivity contribution in [3.05, 3.63) is 12.2 Å². The number of quaternary nitrogens is 1. The molecule has 0 saturated carbocycles. The van der Waals surface area contributed by atoms with Crippen LogP contribution in [0.3, 0.4) is 0 Å². The fourth-order valence-corrected chi connectivity index (χ4v) is 5.09. The maximum atomic E-state index is 11.6. The summed E-state index contributed by atoms with van der Waals surface area (Å²) in [4.78, 5) is 32.0. The van der Waals surface area contributed by atoms with Gasteiger partial charge in [0.1, 0.15) is 19.8 Å². The molecule has 238 valence electrons. The third-order valence-electron chi connectivity index (χ3n) is 6.78. The maximum absolute atomic E-state index is 11.6. The van der Waals surface area contributed by atoms with Crippen molar-refractivity contribution in [3.63, 3.8) is 0 Å². The molecule has 40 heavy (non-hydrogen) atoms. The molecule has 8 nitrogen and oxygen atoms in total. The Kier molecular flexibility index (Phi) is 24.6. The van der Waals surface area contributed by atoms with E-state index in [1.807, 2.05) is 21.1 Å². The van der Waals surface area contributed by atoms with E-state index in [1.165, 1.54) is 77.0 Å². The van der Waals surface area contributed by atoms with E-state index in [2.05, 4.69) is 13.5 Å². The summed E-state index contributed by atoms with van der Waals surface area (Å²) in [6, 6.07) is 0. The quantitative estimate of drug-likeness (QED) is 0.0304. The van der Waals surface area contributed by atoms with Gasteiger partial charge in [-0.05, 0) is 32.6 Å². The number of rotatable bonds is 29. The van der Waals surface area contributed by atoms with E-state index in [1.54, 1.807) is 6.92 Å². The zero-order chi connectivity index (χ0) is 30.1. The summed E-state index contributed by atoms with van der Waals surface area (Å²) in [6.07, 6.45) is 19.1. The van der Waals surface area contributed by atoms with E-state index >= 15 is 0 Å². The van der Waals surface area contributed by atoms with Gasteiger partial charge in [-0.1, -0.05) is 96.1 Å². The van der Waals surface area contributed by atoms with Crippen LogP contribution in [0.4, 0.5) is 0 Å². The Labute approximate surface area is 247 Å². The molecular formula is C31H64NO7P+2. The number of likely N-dealkylation sites (N-methyl/N-ethyl adjacent to an activating group) is 1. The van der Waals surface area contributed by atoms with Gasteiger partial charge in [0.2, 0.25) is 0 Å². The fraction of sp³-hybridized carbons (Fsp3) is 0.903. The minimum Gasteiger partial charge on any atom is -0.466 e. The molecule has 0 rings (SSSR count). The van der Waals surface area contributed by atoms with Gasteiger partial charge >= 0.3 is 14.1 Å². The highest BCUT2D eigenvalue weighted by atomic mass is 31.2. The zero-order valence-corrected chi connectivity index (χ0v) is 27.6. The van der Waals surface area contributed by atoms with Crippen LogP contribution < -0.4 is 0 Å². The summed E-state index contributed by atoms with van der Waals surface area (Å²) in [7, 11) is 2.07. The molecule has 0 aromatic rings. The van der Waals surface area contributed by atoms with Crippen LogP contribution in [0, 0.1) is 0 Å². The van der Waals surface area contributed by atoms with Crippen molar-refractivity contribution in [1.82, 2.24) is 0 Å². The minimum atomic E-state index is -3.93. The van der Waals surface area contributed by atoms with E-state index in [-0.39, 0.29) is 25.6 Å². The Hall–Kier alpha value is -0.600. The largest absolute Gasteiger partial charge is 0.570 e. The molecule has 0 amide bonds. The van der Waals surface area contributed by atoms with Crippen LogP contribution in [0.1, 0.15) is 123 Å². The number of hydrogen-bond acceptors (Lipinski definition) is 7. The van der Waals surface area contributed by atoms with Crippen molar-refractivity contribution in [2.45, 2.75) is 129 Å². The average molecular weight is 594 g/mol. The lowest BCUT2D eigenvalue weighted by Gasteiger charge is -2.23. The molecule has 9 heteroatoms. The van der Waals surface area contributed by atoms with Gasteiger partial charge in [-0.15, -0.1) is 4.52 Å². The molecule has 0 aliphatic heterocycles. The number of unbranched alkanes of at least 4 members (excludes halogenated alkanes) is 12. The normalized spacial score (nSPS) is 13.0. The summed E-state index contributed by atoms with van der Waals surface area (Å²) < 4.78 is 22.2. The molecule has 0 bridgehead atoms. The topological polar surface area (TPSA) is 94.5 Å². The van der Waals surface area contributed by atoms with E-state index < -0.39 is 14.3 Å². The van der Waals surface area contributed by atoms with Crippen LogP contribution in [0.15, 0.2) is 12.2 Å². The highest BCUT2D eigenvalue weighted by Gasteiger charge is 2.41. The van der Waals surface area contributed by atoms with Gasteiger partial charge in [-0.2, -0.15) is 14.3 Å². The molecule has 2 N–H and O–H groups in total. The molecule has 0 heterocycles. The fourth-order valence-electron chi connectivity index (χ4n) is 4.33. The lowest BCUT2D eigenvalue weighted by Crippen LogP contribution is -2.37. The molecule has 1 atom stereocenters. The first-order valence-electron chi connectivity index (χ1n) is 15.9. The van der Waals surface area contributed by atoms with Crippen molar-refractivity contribution >= 4 is 14.1 Å². The second-order valence-corrected chi connectivity index (χ2v) is 13.5. The predicted molar refractivity (Wildman–Crippen MR) is 166 cm³/mol. The minimum absolute atomic E-state index is 0.0117. The molecule has 0 spiro atoms. The van der Waals surface area contributed by atoms with Gasteiger partial charge in [0.25, 0.3) is 0 Å². The lowest BCUT2D eigenvalue weighted by atomic mass is 10.0. The highest BCUT2D eigenvalue weighted by Crippen LogP contribution is 2.52. The summed E-state index contributed by atoms with van der Waals surface area (Å²) in [6.45, 7) is 9.79. The molecule has 0 saturated heterocycles. The molecular weight excluding hydrogens is 529 g/mol. The molecule has 0 aliphatic carbocycles. The van der Waals surface area contributed by atoms with Crippen LogP contribution in [0.25, 0.3) is 0 Å². The SMILES string of the molecule is C=C(CCCCCCCCCCCCCCC)CC(CO[P+](O)(O)OCC[N+](C)(C)C)OCCCC(=O)OCC. The molecule has 0 aromatic heterocycles. The second kappa shape index (κ2) is 24.9. The van der Waals surface area contributed by atoms with Crippen LogP contribution in [0.5, 0.6) is 0 Å². The van der Waals surface area contributed by atoms with Crippen molar-refractivity contribution in [2.75, 3.05) is 54.1 Å². The van der Waals surface area contributed by atoms with Crippen molar-refractivity contribution in [2.24, 2.45) is 0 Å².